The molecule has 0 saturated carbocycles. The molecule has 16 heteroatoms. The van der Waals surface area contributed by atoms with Gasteiger partial charge in [-0.15, -0.1) is 0 Å². The third-order valence-corrected chi connectivity index (χ3v) is 3.93. The average Bonchev–Trinajstić information content (AvgIpc) is 2.68. The second-order valence-corrected chi connectivity index (χ2v) is 6.10. The third-order valence-electron chi connectivity index (χ3n) is 1.19. The van der Waals surface area contributed by atoms with Crippen molar-refractivity contribution in [3.05, 3.63) is 22.8 Å². The van der Waals surface area contributed by atoms with Gasteiger partial charge in [0.15, 0.2) is 20.0 Å². The first kappa shape index (κ1) is 22.5. The van der Waals surface area contributed by atoms with Crippen LogP contribution in [0.15, 0.2) is 18.7 Å². The van der Waals surface area contributed by atoms with Crippen LogP contribution in [0.3, 0.4) is 0 Å². The fraction of sp³-hybridized carbons (Fsp3) is 0.400. The third kappa shape index (κ3) is 7.18. The van der Waals surface area contributed by atoms with Crippen molar-refractivity contribution in [1.82, 2.24) is 9.97 Å². The van der Waals surface area contributed by atoms with E-state index in [9.17, 15) is 43.2 Å². The molecule has 1 N–H and O–H groups in total. The minimum atomic E-state index is -6.72. The first-order valence-electron chi connectivity index (χ1n) is 4.00. The van der Waals surface area contributed by atoms with Crippen molar-refractivity contribution in [2.24, 2.45) is 0 Å². The minimum absolute atomic E-state index is 0. The summed E-state index contributed by atoms with van der Waals surface area (Å²) in [6.45, 7) is 0. The summed E-state index contributed by atoms with van der Waals surface area (Å²) in [6.07, 6.45) is 5.08. The second-order valence-electron chi connectivity index (χ2n) is 2.68. The van der Waals surface area contributed by atoms with Gasteiger partial charge in [0.25, 0.3) is 0 Å². The predicted molar refractivity (Wildman–Crippen MR) is 51.9 cm³/mol. The maximum Gasteiger partial charge on any atom is 1.00 e. The van der Waals surface area contributed by atoms with Crippen LogP contribution in [0, 0.1) is 0 Å². The van der Waals surface area contributed by atoms with Gasteiger partial charge in [-0.05, 0) is 0 Å². The molecule has 0 spiro atoms. The van der Waals surface area contributed by atoms with E-state index in [1.54, 1.807) is 18.7 Å². The quantitative estimate of drug-likeness (QED) is 0.511. The molecular formula is C5H4F6LiN3O4S2. The van der Waals surface area contributed by atoms with Crippen LogP contribution in [0.4, 0.5) is 26.3 Å². The minimum Gasteiger partial charge on any atom is -0.421 e. The van der Waals surface area contributed by atoms with Crippen molar-refractivity contribution in [2.45, 2.75) is 11.0 Å². The number of nitrogens with one attached hydrogen (secondary N) is 1. The Balaban J connectivity index is 0. The molecule has 1 rings (SSSR count). The van der Waals surface area contributed by atoms with Crippen LogP contribution < -0.4 is 18.9 Å². The molecule has 0 amide bonds. The Morgan fingerprint density at radius 2 is 1.29 bits per heavy atom. The molecule has 1 heterocycles. The molecule has 0 radical (unpaired) electrons. The Labute approximate surface area is 126 Å². The van der Waals surface area contributed by atoms with E-state index in [0.29, 0.717) is 0 Å². The topological polar surface area (TPSA) is 111 Å². The number of H-pyrrole nitrogens is 1. The summed E-state index contributed by atoms with van der Waals surface area (Å²) in [5.74, 6) is 0. The monoisotopic (exact) mass is 355 g/mol. The molecule has 0 unspecified atom stereocenters. The fourth-order valence-electron chi connectivity index (χ4n) is 0.429. The van der Waals surface area contributed by atoms with Crippen LogP contribution in [0.2, 0.25) is 0 Å². The zero-order chi connectivity index (χ0) is 16.2. The van der Waals surface area contributed by atoms with Crippen molar-refractivity contribution in [2.75, 3.05) is 0 Å². The first-order chi connectivity index (χ1) is 8.71. The normalized spacial score (nSPS) is 12.9. The van der Waals surface area contributed by atoms with Gasteiger partial charge in [-0.1, -0.05) is 0 Å². The molecule has 1 aromatic heterocycles. The van der Waals surface area contributed by atoms with E-state index in [1.807, 2.05) is 0 Å². The SMILES string of the molecule is O=S(=O)([N-]S(=O)(=O)C(F)(F)F)C(F)(F)F.[Li+].c1c[nH]cn1. The second kappa shape index (κ2) is 7.49. The Morgan fingerprint density at radius 1 is 0.905 bits per heavy atom. The zero-order valence-electron chi connectivity index (χ0n) is 9.84. The van der Waals surface area contributed by atoms with Crippen molar-refractivity contribution < 1.29 is 62.0 Å². The molecule has 7 nitrogen and oxygen atoms in total. The van der Waals surface area contributed by atoms with Gasteiger partial charge in [-0.3, -0.25) is 0 Å². The molecular weight excluding hydrogens is 351 g/mol. The van der Waals surface area contributed by atoms with Crippen LogP contribution in [-0.4, -0.2) is 37.8 Å². The van der Waals surface area contributed by atoms with Crippen LogP contribution >= 0.6 is 0 Å². The Hall–Kier alpha value is -0.753. The summed E-state index contributed by atoms with van der Waals surface area (Å²) in [5, 5.41) is 0. The number of imidazole rings is 1. The fourth-order valence-corrected chi connectivity index (χ4v) is 2.14. The molecule has 0 saturated heterocycles. The Kier molecular flexibility index (Phi) is 8.04. The van der Waals surface area contributed by atoms with Gasteiger partial charge in [0.05, 0.1) is 6.33 Å². The Bertz CT molecular complexity index is 549. The van der Waals surface area contributed by atoms with E-state index in [1.165, 1.54) is 0 Å². The van der Waals surface area contributed by atoms with Gasteiger partial charge in [0.1, 0.15) is 0 Å². The first-order valence-corrected chi connectivity index (χ1v) is 6.88. The van der Waals surface area contributed by atoms with Crippen LogP contribution in [0.1, 0.15) is 0 Å². The van der Waals surface area contributed by atoms with E-state index in [0.717, 1.165) is 4.13 Å². The Morgan fingerprint density at radius 3 is 1.43 bits per heavy atom. The molecule has 0 fully saturated rings. The number of nitrogens with zero attached hydrogens (tertiary/aromatic N) is 2. The number of hydrogen-bond acceptors (Lipinski definition) is 5. The summed E-state index contributed by atoms with van der Waals surface area (Å²) >= 11 is 0. The molecule has 21 heavy (non-hydrogen) atoms. The van der Waals surface area contributed by atoms with E-state index in [2.05, 4.69) is 9.97 Å². The maximum absolute atomic E-state index is 11.4. The molecule has 0 aliphatic heterocycles. The van der Waals surface area contributed by atoms with Crippen LogP contribution in [0.5, 0.6) is 0 Å². The smallest absolute Gasteiger partial charge is 0.421 e. The van der Waals surface area contributed by atoms with E-state index >= 15 is 0 Å². The number of halogens is 6. The van der Waals surface area contributed by atoms with E-state index in [-0.39, 0.29) is 18.9 Å². The number of hydrogen-bond donors (Lipinski definition) is 1. The van der Waals surface area contributed by atoms with Gasteiger partial charge in [0, 0.05) is 12.4 Å². The molecule has 0 aliphatic carbocycles. The summed E-state index contributed by atoms with van der Waals surface area (Å²) in [4.78, 5) is 6.42. The number of aromatic amines is 1. The molecule has 0 bridgehead atoms. The van der Waals surface area contributed by atoms with Gasteiger partial charge >= 0.3 is 29.9 Å². The summed E-state index contributed by atoms with van der Waals surface area (Å²) < 4.78 is 109. The van der Waals surface area contributed by atoms with Crippen molar-refractivity contribution >= 4 is 20.0 Å². The number of aromatic nitrogens is 2. The number of alkyl halides is 6. The van der Waals surface area contributed by atoms with Gasteiger partial charge in [-0.2, -0.15) is 26.3 Å². The van der Waals surface area contributed by atoms with Crippen LogP contribution in [-0.2, 0) is 20.0 Å². The van der Waals surface area contributed by atoms with E-state index in [4.69, 9.17) is 0 Å². The van der Waals surface area contributed by atoms with Crippen molar-refractivity contribution in [1.29, 1.82) is 0 Å². The van der Waals surface area contributed by atoms with Crippen LogP contribution in [0.25, 0.3) is 4.13 Å². The summed E-state index contributed by atoms with van der Waals surface area (Å²) in [6, 6.07) is 0. The molecule has 0 aliphatic rings. The van der Waals surface area contributed by atoms with Crippen molar-refractivity contribution in [3.8, 4) is 0 Å². The molecule has 0 aromatic carbocycles. The molecule has 0 atom stereocenters. The van der Waals surface area contributed by atoms with Gasteiger partial charge in [0.2, 0.25) is 0 Å². The summed E-state index contributed by atoms with van der Waals surface area (Å²) in [5.41, 5.74) is -12.4. The molecule has 118 valence electrons. The number of rotatable bonds is 2. The zero-order valence-corrected chi connectivity index (χ0v) is 11.5. The molecule has 1 aromatic rings. The van der Waals surface area contributed by atoms with Gasteiger partial charge < -0.3 is 9.11 Å². The standard InChI is InChI=1S/C3H4N2.C2F6NO4S2.Li/c1-2-5-3-4-1;3-1(4,5)14(10,11)9-15(12,13)2(6,7)8;/h1-3H,(H,4,5);;/q;-1;+1. The van der Waals surface area contributed by atoms with E-state index < -0.39 is 31.1 Å². The maximum atomic E-state index is 11.4. The van der Waals surface area contributed by atoms with Gasteiger partial charge in [-0.25, -0.2) is 21.8 Å². The largest absolute Gasteiger partial charge is 1.00 e. The predicted octanol–water partition coefficient (Wildman–Crippen LogP) is -1.53. The summed E-state index contributed by atoms with van der Waals surface area (Å²) in [7, 11) is -13.4. The van der Waals surface area contributed by atoms with Crippen molar-refractivity contribution in [3.63, 3.8) is 0 Å². The number of sulfonamides is 2. The average molecular weight is 355 g/mol.